The van der Waals surface area contributed by atoms with E-state index in [9.17, 15) is 5.11 Å². The van der Waals surface area contributed by atoms with E-state index in [1.807, 2.05) is 0 Å². The number of aliphatic hydroxyl groups excluding tert-OH is 1. The lowest BCUT2D eigenvalue weighted by Gasteiger charge is -2.44. The van der Waals surface area contributed by atoms with Gasteiger partial charge in [0.2, 0.25) is 0 Å². The van der Waals surface area contributed by atoms with Gasteiger partial charge in [-0.05, 0) is 31.6 Å². The molecule has 0 bridgehead atoms. The highest BCUT2D eigenvalue weighted by Crippen LogP contribution is 2.39. The SMILES string of the molecule is COCc1nc(N2CCC[C@H]3CCCC[C@H]32)sc1CO. The minimum absolute atomic E-state index is 0.0678. The Morgan fingerprint density at radius 3 is 2.90 bits per heavy atom. The van der Waals surface area contributed by atoms with Crippen molar-refractivity contribution in [3.63, 3.8) is 0 Å². The van der Waals surface area contributed by atoms with Gasteiger partial charge in [-0.1, -0.05) is 24.2 Å². The molecular weight excluding hydrogens is 272 g/mol. The van der Waals surface area contributed by atoms with E-state index in [4.69, 9.17) is 9.72 Å². The van der Waals surface area contributed by atoms with Crippen molar-refractivity contribution in [2.75, 3.05) is 18.6 Å². The molecule has 3 rings (SSSR count). The molecule has 0 spiro atoms. The summed E-state index contributed by atoms with van der Waals surface area (Å²) in [6.45, 7) is 1.68. The third-order valence-electron chi connectivity index (χ3n) is 4.68. The number of hydrogen-bond donors (Lipinski definition) is 1. The quantitative estimate of drug-likeness (QED) is 0.928. The van der Waals surface area contributed by atoms with Gasteiger partial charge in [-0.2, -0.15) is 0 Å². The van der Waals surface area contributed by atoms with E-state index >= 15 is 0 Å². The van der Waals surface area contributed by atoms with Crippen LogP contribution in [0.5, 0.6) is 0 Å². The molecule has 1 aliphatic heterocycles. The summed E-state index contributed by atoms with van der Waals surface area (Å²) in [6.07, 6.45) is 8.08. The van der Waals surface area contributed by atoms with Crippen LogP contribution in [0.25, 0.3) is 0 Å². The van der Waals surface area contributed by atoms with Crippen molar-refractivity contribution in [3.05, 3.63) is 10.6 Å². The molecule has 1 aliphatic carbocycles. The highest BCUT2D eigenvalue weighted by atomic mass is 32.1. The van der Waals surface area contributed by atoms with Crippen LogP contribution in [0.1, 0.15) is 49.1 Å². The zero-order chi connectivity index (χ0) is 13.9. The highest BCUT2D eigenvalue weighted by molar-refractivity contribution is 7.15. The highest BCUT2D eigenvalue weighted by Gasteiger charge is 2.34. The first-order valence-corrected chi connectivity index (χ1v) is 8.50. The molecule has 2 fully saturated rings. The molecule has 0 aromatic carbocycles. The van der Waals surface area contributed by atoms with Gasteiger partial charge in [0.15, 0.2) is 5.13 Å². The van der Waals surface area contributed by atoms with Crippen LogP contribution in [0.2, 0.25) is 0 Å². The Morgan fingerprint density at radius 1 is 1.30 bits per heavy atom. The number of methoxy groups -OCH3 is 1. The van der Waals surface area contributed by atoms with Gasteiger partial charge in [-0.3, -0.25) is 0 Å². The summed E-state index contributed by atoms with van der Waals surface area (Å²) in [5.41, 5.74) is 0.910. The minimum atomic E-state index is 0.0678. The van der Waals surface area contributed by atoms with Gasteiger partial charge in [-0.15, -0.1) is 0 Å². The molecule has 1 aromatic rings. The fraction of sp³-hybridized carbons (Fsp3) is 0.800. The minimum Gasteiger partial charge on any atom is -0.391 e. The van der Waals surface area contributed by atoms with Crippen LogP contribution in [-0.4, -0.2) is 29.8 Å². The Labute approximate surface area is 124 Å². The fourth-order valence-electron chi connectivity index (χ4n) is 3.73. The lowest BCUT2D eigenvalue weighted by molar-refractivity contribution is 0.178. The molecule has 1 saturated carbocycles. The maximum absolute atomic E-state index is 9.49. The molecule has 2 aliphatic rings. The molecule has 1 aromatic heterocycles. The van der Waals surface area contributed by atoms with Crippen molar-refractivity contribution in [1.82, 2.24) is 4.98 Å². The van der Waals surface area contributed by atoms with Gasteiger partial charge in [0.25, 0.3) is 0 Å². The molecule has 0 amide bonds. The number of aromatic nitrogens is 1. The van der Waals surface area contributed by atoms with Gasteiger partial charge in [-0.25, -0.2) is 4.98 Å². The summed E-state index contributed by atoms with van der Waals surface area (Å²) in [4.78, 5) is 8.21. The third kappa shape index (κ3) is 2.71. The molecule has 0 unspecified atom stereocenters. The van der Waals surface area contributed by atoms with Crippen molar-refractivity contribution in [2.45, 2.75) is 57.8 Å². The molecule has 5 heteroatoms. The van der Waals surface area contributed by atoms with Crippen molar-refractivity contribution in [1.29, 1.82) is 0 Å². The van der Waals surface area contributed by atoms with Gasteiger partial charge < -0.3 is 14.7 Å². The second-order valence-electron chi connectivity index (χ2n) is 5.90. The van der Waals surface area contributed by atoms with E-state index in [-0.39, 0.29) is 6.61 Å². The second-order valence-corrected chi connectivity index (χ2v) is 6.97. The van der Waals surface area contributed by atoms with Crippen LogP contribution in [0, 0.1) is 5.92 Å². The largest absolute Gasteiger partial charge is 0.391 e. The Balaban J connectivity index is 1.83. The van der Waals surface area contributed by atoms with Crippen molar-refractivity contribution in [3.8, 4) is 0 Å². The van der Waals surface area contributed by atoms with Crippen LogP contribution in [-0.2, 0) is 18.0 Å². The summed E-state index contributed by atoms with van der Waals surface area (Å²) in [5.74, 6) is 0.852. The first-order chi connectivity index (χ1) is 9.83. The smallest absolute Gasteiger partial charge is 0.186 e. The van der Waals surface area contributed by atoms with E-state index in [1.54, 1.807) is 18.4 Å². The molecule has 2 atom stereocenters. The predicted molar refractivity (Wildman–Crippen MR) is 81.1 cm³/mol. The number of rotatable bonds is 4. The second kappa shape index (κ2) is 6.41. The van der Waals surface area contributed by atoms with Gasteiger partial charge in [0.05, 0.1) is 23.8 Å². The number of hydrogen-bond acceptors (Lipinski definition) is 5. The Bertz CT molecular complexity index is 447. The van der Waals surface area contributed by atoms with Crippen LogP contribution >= 0.6 is 11.3 Å². The summed E-state index contributed by atoms with van der Waals surface area (Å²) >= 11 is 1.65. The van der Waals surface area contributed by atoms with E-state index in [2.05, 4.69) is 4.90 Å². The average Bonchev–Trinajstić information content (AvgIpc) is 2.90. The number of fused-ring (bicyclic) bond motifs is 1. The molecule has 1 N–H and O–H groups in total. The zero-order valence-corrected chi connectivity index (χ0v) is 13.0. The molecule has 2 heterocycles. The lowest BCUT2D eigenvalue weighted by Crippen LogP contribution is -2.46. The number of thiazole rings is 1. The summed E-state index contributed by atoms with van der Waals surface area (Å²) in [7, 11) is 1.68. The van der Waals surface area contributed by atoms with Crippen LogP contribution in [0.4, 0.5) is 5.13 Å². The summed E-state index contributed by atoms with van der Waals surface area (Å²) in [6, 6.07) is 0.672. The normalized spacial score (nSPS) is 26.6. The van der Waals surface area contributed by atoms with Gasteiger partial charge in [0, 0.05) is 19.7 Å². The molecule has 1 saturated heterocycles. The van der Waals surface area contributed by atoms with Crippen LogP contribution in [0.15, 0.2) is 0 Å². The van der Waals surface area contributed by atoms with Crippen molar-refractivity contribution in [2.24, 2.45) is 5.92 Å². The maximum atomic E-state index is 9.49. The summed E-state index contributed by atoms with van der Waals surface area (Å²) < 4.78 is 5.19. The summed E-state index contributed by atoms with van der Waals surface area (Å²) in [5, 5.41) is 10.6. The van der Waals surface area contributed by atoms with Crippen LogP contribution in [0.3, 0.4) is 0 Å². The van der Waals surface area contributed by atoms with Gasteiger partial charge in [0.1, 0.15) is 0 Å². The Hall–Kier alpha value is -0.650. The van der Waals surface area contributed by atoms with E-state index in [0.29, 0.717) is 12.6 Å². The Morgan fingerprint density at radius 2 is 2.10 bits per heavy atom. The van der Waals surface area contributed by atoms with Crippen LogP contribution < -0.4 is 4.90 Å². The third-order valence-corrected chi connectivity index (χ3v) is 5.80. The fourth-order valence-corrected chi connectivity index (χ4v) is 4.73. The molecule has 20 heavy (non-hydrogen) atoms. The molecule has 112 valence electrons. The lowest BCUT2D eigenvalue weighted by atomic mass is 9.78. The van der Waals surface area contributed by atoms with Crippen molar-refractivity contribution >= 4 is 16.5 Å². The monoisotopic (exact) mass is 296 g/mol. The Kier molecular flexibility index (Phi) is 4.58. The predicted octanol–water partition coefficient (Wildman–Crippen LogP) is 2.94. The molecule has 4 nitrogen and oxygen atoms in total. The van der Waals surface area contributed by atoms with E-state index in [1.165, 1.54) is 38.5 Å². The number of piperidine rings is 1. The number of ether oxygens (including phenoxy) is 1. The average molecular weight is 296 g/mol. The van der Waals surface area contributed by atoms with E-state index < -0.39 is 0 Å². The number of anilines is 1. The van der Waals surface area contributed by atoms with Crippen molar-refractivity contribution < 1.29 is 9.84 Å². The first kappa shape index (κ1) is 14.3. The molecular formula is C15H24N2O2S. The maximum Gasteiger partial charge on any atom is 0.186 e. The van der Waals surface area contributed by atoms with Gasteiger partial charge >= 0.3 is 0 Å². The number of aliphatic hydroxyl groups is 1. The van der Waals surface area contributed by atoms with E-state index in [0.717, 1.165) is 28.2 Å². The standard InChI is InChI=1S/C15H24N2O2S/c1-19-10-12-14(9-18)20-15(16-12)17-8-4-6-11-5-2-3-7-13(11)17/h11,13,18H,2-10H2,1H3/t11-,13-/m1/s1. The zero-order valence-electron chi connectivity index (χ0n) is 12.2. The topological polar surface area (TPSA) is 45.6 Å². The first-order valence-electron chi connectivity index (χ1n) is 7.68. The molecule has 0 radical (unpaired) electrons. The number of nitrogens with zero attached hydrogens (tertiary/aromatic N) is 2.